The second kappa shape index (κ2) is 5.85. The van der Waals surface area contributed by atoms with Gasteiger partial charge in [0.15, 0.2) is 17.5 Å². The van der Waals surface area contributed by atoms with Gasteiger partial charge < -0.3 is 5.32 Å². The molecule has 0 aromatic heterocycles. The van der Waals surface area contributed by atoms with Gasteiger partial charge in [-0.3, -0.25) is 4.79 Å². The Kier molecular flexibility index (Phi) is 4.35. The first-order valence-corrected chi connectivity index (χ1v) is 6.47. The van der Waals surface area contributed by atoms with Crippen molar-refractivity contribution in [2.45, 2.75) is 0 Å². The van der Waals surface area contributed by atoms with Gasteiger partial charge in [0.2, 0.25) is 0 Å². The minimum absolute atomic E-state index is 0.284. The lowest BCUT2D eigenvalue weighted by atomic mass is 10.1. The number of rotatable bonds is 2. The summed E-state index contributed by atoms with van der Waals surface area (Å²) in [5.74, 6) is -5.50. The normalized spacial score (nSPS) is 10.4. The molecule has 0 fully saturated rings. The first-order valence-electron chi connectivity index (χ1n) is 5.30. The van der Waals surface area contributed by atoms with E-state index in [1.54, 1.807) is 12.1 Å². The number of hydrogen-bond donors (Lipinski definition) is 1. The minimum Gasteiger partial charge on any atom is -0.321 e. The molecule has 2 nitrogen and oxygen atoms in total. The maximum Gasteiger partial charge on any atom is 0.258 e. The summed E-state index contributed by atoms with van der Waals surface area (Å²) in [5.41, 5.74) is -0.317. The van der Waals surface area contributed by atoms with E-state index in [-0.39, 0.29) is 5.69 Å². The number of carbonyl (C=O) groups is 1. The molecular weight excluding hydrogens is 358 g/mol. The predicted molar refractivity (Wildman–Crippen MR) is 73.4 cm³/mol. The van der Waals surface area contributed by atoms with Gasteiger partial charge in [-0.15, -0.1) is 0 Å². The Morgan fingerprint density at radius 1 is 1.10 bits per heavy atom. The number of halogens is 5. The SMILES string of the molecule is O=C(Nc1cccc(Cl)c1Br)c1ccc(F)c(F)c1F. The Balaban J connectivity index is 2.34. The summed E-state index contributed by atoms with van der Waals surface area (Å²) >= 11 is 8.99. The first kappa shape index (κ1) is 14.9. The topological polar surface area (TPSA) is 29.1 Å². The fourth-order valence-electron chi connectivity index (χ4n) is 1.49. The number of benzene rings is 2. The van der Waals surface area contributed by atoms with E-state index in [2.05, 4.69) is 21.2 Å². The molecule has 0 heterocycles. The third-order valence-corrected chi connectivity index (χ3v) is 3.88. The van der Waals surface area contributed by atoms with Crippen molar-refractivity contribution in [3.8, 4) is 0 Å². The lowest BCUT2D eigenvalue weighted by molar-refractivity contribution is 0.102. The number of amides is 1. The van der Waals surface area contributed by atoms with E-state index in [0.29, 0.717) is 15.6 Å². The molecule has 0 aliphatic heterocycles. The highest BCUT2D eigenvalue weighted by atomic mass is 79.9. The smallest absolute Gasteiger partial charge is 0.258 e. The Bertz CT molecular complexity index is 694. The summed E-state index contributed by atoms with van der Waals surface area (Å²) in [7, 11) is 0. The maximum atomic E-state index is 13.5. The van der Waals surface area contributed by atoms with Gasteiger partial charge in [-0.2, -0.15) is 0 Å². The molecule has 0 spiro atoms. The van der Waals surface area contributed by atoms with Crippen LogP contribution in [0.25, 0.3) is 0 Å². The first-order chi connectivity index (χ1) is 9.41. The number of hydrogen-bond acceptors (Lipinski definition) is 1. The molecule has 2 rings (SSSR count). The van der Waals surface area contributed by atoms with E-state index in [1.165, 1.54) is 6.07 Å². The van der Waals surface area contributed by atoms with Gasteiger partial charge in [0, 0.05) is 0 Å². The summed E-state index contributed by atoms with van der Waals surface area (Å²) in [6.07, 6.45) is 0. The van der Waals surface area contributed by atoms with Crippen LogP contribution in [-0.2, 0) is 0 Å². The molecule has 0 unspecified atom stereocenters. The van der Waals surface area contributed by atoms with Crippen molar-refractivity contribution < 1.29 is 18.0 Å². The van der Waals surface area contributed by atoms with Crippen molar-refractivity contribution in [1.82, 2.24) is 0 Å². The van der Waals surface area contributed by atoms with E-state index < -0.39 is 28.9 Å². The molecule has 2 aromatic rings. The van der Waals surface area contributed by atoms with Crippen LogP contribution in [0.2, 0.25) is 5.02 Å². The summed E-state index contributed by atoms with van der Waals surface area (Å²) in [6.45, 7) is 0. The molecule has 2 aromatic carbocycles. The van der Waals surface area contributed by atoms with Gasteiger partial charge in [0.1, 0.15) is 0 Å². The molecule has 0 bridgehead atoms. The quantitative estimate of drug-likeness (QED) is 0.764. The molecule has 20 heavy (non-hydrogen) atoms. The van der Waals surface area contributed by atoms with E-state index in [9.17, 15) is 18.0 Å². The van der Waals surface area contributed by atoms with Gasteiger partial charge in [-0.1, -0.05) is 17.7 Å². The second-order valence-electron chi connectivity index (χ2n) is 3.78. The minimum atomic E-state index is -1.69. The fourth-order valence-corrected chi connectivity index (χ4v) is 2.03. The average Bonchev–Trinajstić information content (AvgIpc) is 2.41. The largest absolute Gasteiger partial charge is 0.321 e. The Morgan fingerprint density at radius 3 is 2.50 bits per heavy atom. The Morgan fingerprint density at radius 2 is 1.80 bits per heavy atom. The lowest BCUT2D eigenvalue weighted by Gasteiger charge is -2.09. The molecular formula is C13H6BrClF3NO. The van der Waals surface area contributed by atoms with Crippen molar-refractivity contribution in [2.24, 2.45) is 0 Å². The van der Waals surface area contributed by atoms with Crippen LogP contribution in [0.4, 0.5) is 18.9 Å². The Labute approximate surface area is 125 Å². The number of anilines is 1. The Hall–Kier alpha value is -1.53. The van der Waals surface area contributed by atoms with E-state index in [4.69, 9.17) is 11.6 Å². The molecule has 0 saturated heterocycles. The van der Waals surface area contributed by atoms with E-state index in [1.807, 2.05) is 0 Å². The third kappa shape index (κ3) is 2.81. The maximum absolute atomic E-state index is 13.5. The van der Waals surface area contributed by atoms with Gasteiger partial charge in [0.05, 0.1) is 20.7 Å². The molecule has 7 heteroatoms. The summed E-state index contributed by atoms with van der Waals surface area (Å²) in [4.78, 5) is 11.9. The van der Waals surface area contributed by atoms with Crippen molar-refractivity contribution in [3.63, 3.8) is 0 Å². The highest BCUT2D eigenvalue weighted by Gasteiger charge is 2.19. The summed E-state index contributed by atoms with van der Waals surface area (Å²) in [5, 5.41) is 2.70. The van der Waals surface area contributed by atoms with Crippen LogP contribution in [0, 0.1) is 17.5 Å². The summed E-state index contributed by atoms with van der Waals surface area (Å²) < 4.78 is 39.8. The average molecular weight is 365 g/mol. The predicted octanol–water partition coefficient (Wildman–Crippen LogP) is 4.77. The van der Waals surface area contributed by atoms with Crippen molar-refractivity contribution in [1.29, 1.82) is 0 Å². The molecule has 0 saturated carbocycles. The monoisotopic (exact) mass is 363 g/mol. The summed E-state index contributed by atoms with van der Waals surface area (Å²) in [6, 6.07) is 6.22. The highest BCUT2D eigenvalue weighted by Crippen LogP contribution is 2.30. The van der Waals surface area contributed by atoms with Crippen LogP contribution in [0.3, 0.4) is 0 Å². The van der Waals surface area contributed by atoms with Gasteiger partial charge in [-0.05, 0) is 40.2 Å². The number of carbonyl (C=O) groups excluding carboxylic acids is 1. The van der Waals surface area contributed by atoms with Crippen LogP contribution in [0.5, 0.6) is 0 Å². The third-order valence-electron chi connectivity index (χ3n) is 2.48. The zero-order valence-electron chi connectivity index (χ0n) is 9.68. The van der Waals surface area contributed by atoms with Gasteiger partial charge in [-0.25, -0.2) is 13.2 Å². The van der Waals surface area contributed by atoms with Gasteiger partial charge >= 0.3 is 0 Å². The van der Waals surface area contributed by atoms with E-state index in [0.717, 1.165) is 6.07 Å². The molecule has 104 valence electrons. The molecule has 0 aliphatic carbocycles. The molecule has 1 N–H and O–H groups in total. The van der Waals surface area contributed by atoms with Crippen LogP contribution in [0.15, 0.2) is 34.8 Å². The molecule has 0 atom stereocenters. The van der Waals surface area contributed by atoms with Crippen molar-refractivity contribution >= 4 is 39.1 Å². The molecule has 0 aliphatic rings. The second-order valence-corrected chi connectivity index (χ2v) is 4.98. The van der Waals surface area contributed by atoms with Crippen LogP contribution in [-0.4, -0.2) is 5.91 Å². The lowest BCUT2D eigenvalue weighted by Crippen LogP contribution is -2.15. The van der Waals surface area contributed by atoms with Crippen molar-refractivity contribution in [3.05, 3.63) is 62.8 Å². The molecule has 0 radical (unpaired) electrons. The molecule has 1 amide bonds. The van der Waals surface area contributed by atoms with E-state index >= 15 is 0 Å². The fraction of sp³-hybridized carbons (Fsp3) is 0. The van der Waals surface area contributed by atoms with Crippen LogP contribution in [0.1, 0.15) is 10.4 Å². The van der Waals surface area contributed by atoms with Gasteiger partial charge in [0.25, 0.3) is 5.91 Å². The van der Waals surface area contributed by atoms with Crippen molar-refractivity contribution in [2.75, 3.05) is 5.32 Å². The zero-order valence-corrected chi connectivity index (χ0v) is 12.0. The number of nitrogens with one attached hydrogen (secondary N) is 1. The standard InChI is InChI=1S/C13H6BrClF3NO/c14-10-7(15)2-1-3-9(10)19-13(20)6-4-5-8(16)12(18)11(6)17/h1-5H,(H,19,20). The zero-order chi connectivity index (χ0) is 14.9. The van der Waals surface area contributed by atoms with Crippen LogP contribution < -0.4 is 5.32 Å². The van der Waals surface area contributed by atoms with Crippen LogP contribution >= 0.6 is 27.5 Å². The highest BCUT2D eigenvalue weighted by molar-refractivity contribution is 9.10.